The predicted molar refractivity (Wildman–Crippen MR) is 91.1 cm³/mol. The van der Waals surface area contributed by atoms with Gasteiger partial charge in [-0.15, -0.1) is 11.3 Å². The van der Waals surface area contributed by atoms with Crippen molar-refractivity contribution < 1.29 is 9.53 Å². The molecule has 0 saturated heterocycles. The SMILES string of the molecule is CCCOc1ccccc1NC(=O)c1cc2c(s1)CCCC2. The van der Waals surface area contributed by atoms with Gasteiger partial charge in [-0.2, -0.15) is 0 Å². The lowest BCUT2D eigenvalue weighted by Crippen LogP contribution is -2.11. The van der Waals surface area contributed by atoms with E-state index in [1.165, 1.54) is 23.3 Å². The molecule has 0 fully saturated rings. The second-order valence-corrected chi connectivity index (χ2v) is 6.70. The molecule has 1 amide bonds. The van der Waals surface area contributed by atoms with Gasteiger partial charge in [-0.25, -0.2) is 0 Å². The lowest BCUT2D eigenvalue weighted by atomic mass is 9.99. The van der Waals surface area contributed by atoms with Crippen LogP contribution in [0.5, 0.6) is 5.75 Å². The highest BCUT2D eigenvalue weighted by atomic mass is 32.1. The smallest absolute Gasteiger partial charge is 0.265 e. The number of para-hydroxylation sites is 2. The molecule has 1 aliphatic rings. The van der Waals surface area contributed by atoms with Gasteiger partial charge in [0.2, 0.25) is 0 Å². The summed E-state index contributed by atoms with van der Waals surface area (Å²) in [6.45, 7) is 2.72. The summed E-state index contributed by atoms with van der Waals surface area (Å²) in [5.41, 5.74) is 2.10. The van der Waals surface area contributed by atoms with Crippen LogP contribution in [0.2, 0.25) is 0 Å². The van der Waals surface area contributed by atoms with Gasteiger partial charge in [0.25, 0.3) is 5.91 Å². The quantitative estimate of drug-likeness (QED) is 0.871. The maximum absolute atomic E-state index is 12.5. The van der Waals surface area contributed by atoms with E-state index in [0.717, 1.165) is 35.6 Å². The van der Waals surface area contributed by atoms with Crippen molar-refractivity contribution in [1.82, 2.24) is 0 Å². The number of thiophene rings is 1. The Hall–Kier alpha value is -1.81. The van der Waals surface area contributed by atoms with E-state index in [2.05, 4.69) is 18.3 Å². The lowest BCUT2D eigenvalue weighted by Gasteiger charge is -2.11. The highest BCUT2D eigenvalue weighted by molar-refractivity contribution is 7.14. The summed E-state index contributed by atoms with van der Waals surface area (Å²) in [7, 11) is 0. The molecule has 3 rings (SSSR count). The van der Waals surface area contributed by atoms with Gasteiger partial charge >= 0.3 is 0 Å². The Labute approximate surface area is 135 Å². The van der Waals surface area contributed by atoms with E-state index in [9.17, 15) is 4.79 Å². The van der Waals surface area contributed by atoms with Gasteiger partial charge in [0.15, 0.2) is 0 Å². The molecule has 1 aromatic carbocycles. The van der Waals surface area contributed by atoms with Crippen LogP contribution in [-0.2, 0) is 12.8 Å². The number of carbonyl (C=O) groups excluding carboxylic acids is 1. The van der Waals surface area contributed by atoms with Crippen molar-refractivity contribution in [3.63, 3.8) is 0 Å². The first-order chi connectivity index (χ1) is 10.8. The average molecular weight is 315 g/mol. The molecule has 1 heterocycles. The fraction of sp³-hybridized carbons (Fsp3) is 0.389. The molecule has 1 aromatic heterocycles. The largest absolute Gasteiger partial charge is 0.491 e. The lowest BCUT2D eigenvalue weighted by molar-refractivity contribution is 0.103. The Morgan fingerprint density at radius 3 is 2.91 bits per heavy atom. The van der Waals surface area contributed by atoms with E-state index in [0.29, 0.717) is 6.61 Å². The molecule has 0 radical (unpaired) electrons. The van der Waals surface area contributed by atoms with Gasteiger partial charge in [0.1, 0.15) is 5.75 Å². The summed E-state index contributed by atoms with van der Waals surface area (Å²) in [6.07, 6.45) is 5.64. The van der Waals surface area contributed by atoms with Crippen molar-refractivity contribution in [3.8, 4) is 5.75 Å². The first-order valence-corrected chi connectivity index (χ1v) is 8.74. The van der Waals surface area contributed by atoms with Crippen LogP contribution in [0.25, 0.3) is 0 Å². The number of rotatable bonds is 5. The maximum Gasteiger partial charge on any atom is 0.265 e. The Morgan fingerprint density at radius 2 is 2.09 bits per heavy atom. The molecule has 4 heteroatoms. The number of anilines is 1. The Kier molecular flexibility index (Phi) is 4.78. The van der Waals surface area contributed by atoms with Crippen molar-refractivity contribution in [1.29, 1.82) is 0 Å². The van der Waals surface area contributed by atoms with E-state index in [4.69, 9.17) is 4.74 Å². The number of benzene rings is 1. The van der Waals surface area contributed by atoms with Crippen LogP contribution in [0.1, 0.15) is 46.3 Å². The Balaban J connectivity index is 1.75. The predicted octanol–water partition coefficient (Wildman–Crippen LogP) is 4.67. The molecular weight excluding hydrogens is 294 g/mol. The van der Waals surface area contributed by atoms with Gasteiger partial charge in [-0.05, 0) is 55.9 Å². The molecule has 0 atom stereocenters. The number of carbonyl (C=O) groups is 1. The number of fused-ring (bicyclic) bond motifs is 1. The third-order valence-corrected chi connectivity index (χ3v) is 5.05. The minimum absolute atomic E-state index is 0.0352. The van der Waals surface area contributed by atoms with Gasteiger partial charge in [-0.3, -0.25) is 4.79 Å². The molecule has 0 saturated carbocycles. The van der Waals surface area contributed by atoms with Gasteiger partial charge in [0.05, 0.1) is 17.2 Å². The monoisotopic (exact) mass is 315 g/mol. The standard InChI is InChI=1S/C18H21NO2S/c1-2-11-21-15-9-5-4-8-14(15)19-18(20)17-12-13-7-3-6-10-16(13)22-17/h4-5,8-9,12H,2-3,6-7,10-11H2,1H3,(H,19,20). The van der Waals surface area contributed by atoms with E-state index >= 15 is 0 Å². The summed E-state index contributed by atoms with van der Waals surface area (Å²) in [4.78, 5) is 14.7. The third kappa shape index (κ3) is 3.33. The molecule has 22 heavy (non-hydrogen) atoms. The van der Waals surface area contributed by atoms with E-state index in [1.807, 2.05) is 24.3 Å². The van der Waals surface area contributed by atoms with Crippen LogP contribution in [-0.4, -0.2) is 12.5 Å². The van der Waals surface area contributed by atoms with Crippen LogP contribution in [0.4, 0.5) is 5.69 Å². The maximum atomic E-state index is 12.5. The zero-order valence-corrected chi connectivity index (χ0v) is 13.7. The van der Waals surface area contributed by atoms with E-state index in [1.54, 1.807) is 11.3 Å². The molecule has 116 valence electrons. The van der Waals surface area contributed by atoms with Crippen LogP contribution >= 0.6 is 11.3 Å². The molecule has 0 unspecified atom stereocenters. The van der Waals surface area contributed by atoms with E-state index < -0.39 is 0 Å². The minimum atomic E-state index is -0.0352. The van der Waals surface area contributed by atoms with Crippen LogP contribution in [0.15, 0.2) is 30.3 Å². The number of nitrogens with one attached hydrogen (secondary N) is 1. The van der Waals surface area contributed by atoms with Crippen molar-refractivity contribution in [2.24, 2.45) is 0 Å². The van der Waals surface area contributed by atoms with Gasteiger partial charge < -0.3 is 10.1 Å². The molecule has 0 spiro atoms. The Bertz CT molecular complexity index is 639. The summed E-state index contributed by atoms with van der Waals surface area (Å²) in [5, 5.41) is 2.99. The number of hydrogen-bond acceptors (Lipinski definition) is 3. The second kappa shape index (κ2) is 6.97. The first kappa shape index (κ1) is 15.1. The molecular formula is C18H21NO2S. The van der Waals surface area contributed by atoms with Crippen LogP contribution < -0.4 is 10.1 Å². The Morgan fingerprint density at radius 1 is 1.27 bits per heavy atom. The highest BCUT2D eigenvalue weighted by Crippen LogP contribution is 2.31. The topological polar surface area (TPSA) is 38.3 Å². The van der Waals surface area contributed by atoms with Crippen molar-refractivity contribution >= 4 is 22.9 Å². The molecule has 3 nitrogen and oxygen atoms in total. The number of amides is 1. The fourth-order valence-corrected chi connectivity index (χ4v) is 3.84. The first-order valence-electron chi connectivity index (χ1n) is 7.92. The van der Waals surface area contributed by atoms with Crippen LogP contribution in [0.3, 0.4) is 0 Å². The minimum Gasteiger partial charge on any atom is -0.491 e. The average Bonchev–Trinajstić information content (AvgIpc) is 2.98. The third-order valence-electron chi connectivity index (χ3n) is 3.82. The molecule has 1 N–H and O–H groups in total. The molecule has 2 aromatic rings. The van der Waals surface area contributed by atoms with Crippen molar-refractivity contribution in [2.45, 2.75) is 39.0 Å². The van der Waals surface area contributed by atoms with Crippen molar-refractivity contribution in [3.05, 3.63) is 45.6 Å². The number of aryl methyl sites for hydroxylation is 2. The summed E-state index contributed by atoms with van der Waals surface area (Å²) < 4.78 is 5.69. The zero-order valence-electron chi connectivity index (χ0n) is 12.9. The zero-order chi connectivity index (χ0) is 15.4. The second-order valence-electron chi connectivity index (χ2n) is 5.56. The fourth-order valence-electron chi connectivity index (χ4n) is 2.69. The van der Waals surface area contributed by atoms with Gasteiger partial charge in [-0.1, -0.05) is 19.1 Å². The highest BCUT2D eigenvalue weighted by Gasteiger charge is 2.18. The normalized spacial score (nSPS) is 13.5. The number of ether oxygens (including phenoxy) is 1. The van der Waals surface area contributed by atoms with Crippen molar-refractivity contribution in [2.75, 3.05) is 11.9 Å². The summed E-state index contributed by atoms with van der Waals surface area (Å²) in [6, 6.07) is 9.67. The summed E-state index contributed by atoms with van der Waals surface area (Å²) >= 11 is 1.63. The summed E-state index contributed by atoms with van der Waals surface area (Å²) in [5.74, 6) is 0.700. The van der Waals surface area contributed by atoms with Crippen LogP contribution in [0, 0.1) is 0 Å². The van der Waals surface area contributed by atoms with Gasteiger partial charge in [0, 0.05) is 4.88 Å². The molecule has 0 bridgehead atoms. The number of hydrogen-bond donors (Lipinski definition) is 1. The molecule has 0 aliphatic heterocycles. The molecule has 1 aliphatic carbocycles. The van der Waals surface area contributed by atoms with E-state index in [-0.39, 0.29) is 5.91 Å².